The highest BCUT2D eigenvalue weighted by Crippen LogP contribution is 2.27. The van der Waals surface area contributed by atoms with E-state index in [9.17, 15) is 18.5 Å². The largest absolute Gasteiger partial charge is 0.279 e. The van der Waals surface area contributed by atoms with Crippen LogP contribution in [0.3, 0.4) is 0 Å². The Morgan fingerprint density at radius 3 is 2.48 bits per heavy atom. The summed E-state index contributed by atoms with van der Waals surface area (Å²) in [5.41, 5.74) is 0.512. The molecule has 0 fully saturated rings. The molecule has 0 unspecified atom stereocenters. The molecule has 0 heterocycles. The number of rotatable bonds is 4. The highest BCUT2D eigenvalue weighted by Gasteiger charge is 2.19. The Balaban J connectivity index is 2.44. The molecule has 0 saturated carbocycles. The van der Waals surface area contributed by atoms with E-state index in [1.54, 1.807) is 19.1 Å². The molecule has 6 nitrogen and oxygen atoms in total. The first-order valence-electron chi connectivity index (χ1n) is 5.83. The van der Waals surface area contributed by atoms with Crippen LogP contribution in [0.4, 0.5) is 11.4 Å². The lowest BCUT2D eigenvalue weighted by molar-refractivity contribution is -0.384. The van der Waals surface area contributed by atoms with E-state index in [2.05, 4.69) is 4.72 Å². The first kappa shape index (κ1) is 15.3. The molecule has 2 rings (SSSR count). The van der Waals surface area contributed by atoms with E-state index in [4.69, 9.17) is 11.6 Å². The van der Waals surface area contributed by atoms with Gasteiger partial charge in [-0.2, -0.15) is 0 Å². The highest BCUT2D eigenvalue weighted by atomic mass is 35.5. The number of nitro benzene ring substituents is 1. The zero-order chi connectivity index (χ0) is 15.6. The van der Waals surface area contributed by atoms with Crippen molar-refractivity contribution in [1.82, 2.24) is 0 Å². The fourth-order valence-electron chi connectivity index (χ4n) is 1.70. The van der Waals surface area contributed by atoms with E-state index >= 15 is 0 Å². The number of benzene rings is 2. The number of anilines is 1. The summed E-state index contributed by atoms with van der Waals surface area (Å²) in [6.45, 7) is 1.65. The van der Waals surface area contributed by atoms with Gasteiger partial charge in [-0.3, -0.25) is 14.8 Å². The lowest BCUT2D eigenvalue weighted by Gasteiger charge is -2.11. The van der Waals surface area contributed by atoms with E-state index in [1.165, 1.54) is 30.3 Å². The molecule has 110 valence electrons. The van der Waals surface area contributed by atoms with Gasteiger partial charge in [0.2, 0.25) is 0 Å². The number of nitrogens with zero attached hydrogens (tertiary/aromatic N) is 1. The molecule has 0 aromatic heterocycles. The molecule has 21 heavy (non-hydrogen) atoms. The molecule has 0 aliphatic heterocycles. The summed E-state index contributed by atoms with van der Waals surface area (Å²) in [4.78, 5) is 10.1. The molecule has 2 aromatic carbocycles. The summed E-state index contributed by atoms with van der Waals surface area (Å²) < 4.78 is 26.9. The maximum absolute atomic E-state index is 12.3. The van der Waals surface area contributed by atoms with Crippen LogP contribution in [0.2, 0.25) is 5.02 Å². The van der Waals surface area contributed by atoms with Crippen molar-refractivity contribution in [3.8, 4) is 0 Å². The fourth-order valence-corrected chi connectivity index (χ4v) is 3.34. The van der Waals surface area contributed by atoms with Gasteiger partial charge in [0.1, 0.15) is 4.90 Å². The lowest BCUT2D eigenvalue weighted by atomic mass is 10.2. The predicted octanol–water partition coefficient (Wildman–Crippen LogP) is 3.36. The highest BCUT2D eigenvalue weighted by molar-refractivity contribution is 7.92. The van der Waals surface area contributed by atoms with Crippen molar-refractivity contribution in [3.63, 3.8) is 0 Å². The van der Waals surface area contributed by atoms with Gasteiger partial charge in [-0.1, -0.05) is 29.8 Å². The normalized spacial score (nSPS) is 11.1. The summed E-state index contributed by atoms with van der Waals surface area (Å²) in [6, 6.07) is 9.92. The third-order valence-electron chi connectivity index (χ3n) is 2.80. The van der Waals surface area contributed by atoms with Crippen molar-refractivity contribution in [3.05, 3.63) is 63.2 Å². The van der Waals surface area contributed by atoms with E-state index in [-0.39, 0.29) is 21.3 Å². The Bertz CT molecular complexity index is 806. The summed E-state index contributed by atoms with van der Waals surface area (Å²) in [6.07, 6.45) is 0. The summed E-state index contributed by atoms with van der Waals surface area (Å²) in [5, 5.41) is 10.8. The van der Waals surface area contributed by atoms with Gasteiger partial charge >= 0.3 is 0 Å². The van der Waals surface area contributed by atoms with Gasteiger partial charge < -0.3 is 0 Å². The zero-order valence-electron chi connectivity index (χ0n) is 10.9. The van der Waals surface area contributed by atoms with Crippen LogP contribution in [0.1, 0.15) is 5.56 Å². The topological polar surface area (TPSA) is 89.3 Å². The molecule has 1 N–H and O–H groups in total. The second-order valence-corrected chi connectivity index (χ2v) is 6.35. The van der Waals surface area contributed by atoms with Crippen LogP contribution in [0.15, 0.2) is 47.4 Å². The van der Waals surface area contributed by atoms with Crippen molar-refractivity contribution < 1.29 is 13.3 Å². The van der Waals surface area contributed by atoms with E-state index in [0.29, 0.717) is 5.56 Å². The van der Waals surface area contributed by atoms with Gasteiger partial charge in [-0.15, -0.1) is 0 Å². The molecule has 0 saturated heterocycles. The van der Waals surface area contributed by atoms with Gasteiger partial charge in [-0.05, 0) is 24.6 Å². The van der Waals surface area contributed by atoms with Crippen LogP contribution in [0, 0.1) is 17.0 Å². The average molecular weight is 327 g/mol. The Hall–Kier alpha value is -2.12. The second kappa shape index (κ2) is 5.71. The van der Waals surface area contributed by atoms with Crippen LogP contribution >= 0.6 is 11.6 Å². The van der Waals surface area contributed by atoms with E-state index in [0.717, 1.165) is 0 Å². The van der Waals surface area contributed by atoms with Gasteiger partial charge in [0, 0.05) is 12.1 Å². The smallest absolute Gasteiger partial charge is 0.271 e. The van der Waals surface area contributed by atoms with E-state index in [1.807, 2.05) is 0 Å². The number of non-ortho nitro benzene ring substituents is 1. The van der Waals surface area contributed by atoms with Crippen LogP contribution < -0.4 is 4.72 Å². The van der Waals surface area contributed by atoms with Crippen molar-refractivity contribution >= 4 is 33.0 Å². The summed E-state index contributed by atoms with van der Waals surface area (Å²) >= 11 is 5.87. The molecule has 0 bridgehead atoms. The fraction of sp³-hybridized carbons (Fsp3) is 0.0769. The van der Waals surface area contributed by atoms with Crippen LogP contribution in [-0.4, -0.2) is 13.3 Å². The molecule has 0 amide bonds. The average Bonchev–Trinajstić information content (AvgIpc) is 2.41. The molecule has 2 aromatic rings. The zero-order valence-corrected chi connectivity index (χ0v) is 12.5. The minimum Gasteiger partial charge on any atom is -0.279 e. The predicted molar refractivity (Wildman–Crippen MR) is 80.1 cm³/mol. The maximum Gasteiger partial charge on any atom is 0.271 e. The number of nitrogens with one attached hydrogen (secondary N) is 1. The minimum absolute atomic E-state index is 0.0769. The molecular formula is C13H11ClN2O4S. The number of hydrogen-bond donors (Lipinski definition) is 1. The SMILES string of the molecule is Cc1ccc([N+](=O)[O-])cc1NS(=O)(=O)c1ccccc1Cl. The number of hydrogen-bond acceptors (Lipinski definition) is 4. The van der Waals surface area contributed by atoms with Crippen LogP contribution in [0.5, 0.6) is 0 Å². The van der Waals surface area contributed by atoms with Gasteiger partial charge in [0.15, 0.2) is 0 Å². The number of halogens is 1. The molecular weight excluding hydrogens is 316 g/mol. The summed E-state index contributed by atoms with van der Waals surface area (Å²) in [7, 11) is -3.91. The standard InChI is InChI=1S/C13H11ClN2O4S/c1-9-6-7-10(16(17)18)8-12(9)15-21(19,20)13-5-3-2-4-11(13)14/h2-8,15H,1H3. The second-order valence-electron chi connectivity index (χ2n) is 4.29. The van der Waals surface area contributed by atoms with Crippen LogP contribution in [0.25, 0.3) is 0 Å². The third kappa shape index (κ3) is 3.32. The maximum atomic E-state index is 12.3. The minimum atomic E-state index is -3.91. The van der Waals surface area contributed by atoms with E-state index < -0.39 is 14.9 Å². The first-order chi connectivity index (χ1) is 9.81. The molecule has 8 heteroatoms. The number of nitro groups is 1. The molecule has 0 atom stereocenters. The van der Waals surface area contributed by atoms with Crippen molar-refractivity contribution in [2.24, 2.45) is 0 Å². The van der Waals surface area contributed by atoms with Gasteiger partial charge in [-0.25, -0.2) is 8.42 Å². The molecule has 0 spiro atoms. The number of sulfonamides is 1. The first-order valence-corrected chi connectivity index (χ1v) is 7.70. The summed E-state index contributed by atoms with van der Waals surface area (Å²) in [5.74, 6) is 0. The van der Waals surface area contributed by atoms with Crippen molar-refractivity contribution in [2.75, 3.05) is 4.72 Å². The Morgan fingerprint density at radius 2 is 1.86 bits per heavy atom. The Labute approximate surface area is 126 Å². The molecule has 0 aliphatic rings. The quantitative estimate of drug-likeness (QED) is 0.689. The molecule has 0 aliphatic carbocycles. The van der Waals surface area contributed by atoms with Crippen molar-refractivity contribution in [2.45, 2.75) is 11.8 Å². The van der Waals surface area contributed by atoms with Crippen molar-refractivity contribution in [1.29, 1.82) is 0 Å². The molecule has 0 radical (unpaired) electrons. The monoisotopic (exact) mass is 326 g/mol. The van der Waals surface area contributed by atoms with Crippen LogP contribution in [-0.2, 0) is 10.0 Å². The third-order valence-corrected chi connectivity index (χ3v) is 4.67. The van der Waals surface area contributed by atoms with Gasteiger partial charge in [0.25, 0.3) is 15.7 Å². The Kier molecular flexibility index (Phi) is 4.15. The number of aryl methyl sites for hydroxylation is 1. The van der Waals surface area contributed by atoms with Gasteiger partial charge in [0.05, 0.1) is 15.6 Å². The Morgan fingerprint density at radius 1 is 1.19 bits per heavy atom. The lowest BCUT2D eigenvalue weighted by Crippen LogP contribution is -2.14.